The lowest BCUT2D eigenvalue weighted by molar-refractivity contribution is -0.205. The van der Waals surface area contributed by atoms with Gasteiger partial charge in [-0.1, -0.05) is 49.2 Å². The molecule has 0 saturated carbocycles. The molecule has 16 heteroatoms. The zero-order valence-corrected chi connectivity index (χ0v) is 27.3. The number of carbonyl (C=O) groups excluding carboxylic acids is 2. The Kier molecular flexibility index (Phi) is 10.9. The number of fused-ring (bicyclic) bond motifs is 1. The third-order valence-electron chi connectivity index (χ3n) is 7.36. The molecule has 1 N–H and O–H groups in total. The first-order chi connectivity index (χ1) is 23.0. The smallest absolute Gasteiger partial charge is 0.491 e. The van der Waals surface area contributed by atoms with E-state index in [1.807, 2.05) is 0 Å². The summed E-state index contributed by atoms with van der Waals surface area (Å²) in [5.74, 6) is -1.99. The van der Waals surface area contributed by atoms with Gasteiger partial charge >= 0.3 is 18.2 Å². The molecule has 4 aromatic rings. The molecule has 1 aliphatic rings. The van der Waals surface area contributed by atoms with Crippen LogP contribution in [0.1, 0.15) is 31.2 Å². The lowest BCUT2D eigenvalue weighted by atomic mass is 10.1. The highest BCUT2D eigenvalue weighted by molar-refractivity contribution is 6.40. The Morgan fingerprint density at radius 2 is 1.73 bits per heavy atom. The number of para-hydroxylation sites is 1. The van der Waals surface area contributed by atoms with Crippen LogP contribution >= 0.6 is 23.2 Å². The van der Waals surface area contributed by atoms with E-state index in [-0.39, 0.29) is 39.6 Å². The summed E-state index contributed by atoms with van der Waals surface area (Å²) in [6, 6.07) is 13.7. The second-order valence-electron chi connectivity index (χ2n) is 10.4. The summed E-state index contributed by atoms with van der Waals surface area (Å²) >= 11 is 12.8. The average molecular weight is 705 g/mol. The van der Waals surface area contributed by atoms with E-state index in [0.717, 1.165) is 24.5 Å². The number of benzene rings is 2. The summed E-state index contributed by atoms with van der Waals surface area (Å²) in [5.41, 5.74) is 0.831. The standard InChI is InChI=1S/C32H30Cl2F3N7O4/c1-3-42(4-2)15-16-47-22-12-10-21(11-13-22)40-30-39-18-23-27(41-30)43(19-20-7-6-14-38-17-20)31(46)44(26-24(33)8-5-9-25(26)34)28(23)48-29(45)32(35,36)37/h5-14,17-18,28H,3-4,15-16,19H2,1-2H3,(H,39,40,41). The number of hydrogen-bond donors (Lipinski definition) is 1. The van der Waals surface area contributed by atoms with Crippen molar-refractivity contribution in [1.82, 2.24) is 19.9 Å². The topological polar surface area (TPSA) is 113 Å². The molecule has 0 saturated heterocycles. The van der Waals surface area contributed by atoms with Crippen LogP contribution in [0.3, 0.4) is 0 Å². The number of anilines is 4. The molecule has 1 unspecified atom stereocenters. The van der Waals surface area contributed by atoms with Gasteiger partial charge in [0, 0.05) is 30.8 Å². The fraction of sp³-hybridized carbons (Fsp3) is 0.281. The van der Waals surface area contributed by atoms with Gasteiger partial charge in [0.25, 0.3) is 0 Å². The van der Waals surface area contributed by atoms with Crippen LogP contribution in [-0.2, 0) is 16.1 Å². The maximum atomic E-state index is 14.3. The molecule has 3 heterocycles. The number of hydrogen-bond acceptors (Lipinski definition) is 9. The highest BCUT2D eigenvalue weighted by Gasteiger charge is 2.49. The molecule has 2 amide bonds. The van der Waals surface area contributed by atoms with Gasteiger partial charge in [-0.05, 0) is 61.1 Å². The van der Waals surface area contributed by atoms with Crippen molar-refractivity contribution in [2.45, 2.75) is 32.8 Å². The highest BCUT2D eigenvalue weighted by Crippen LogP contribution is 2.45. The molecule has 2 aromatic heterocycles. The number of aromatic nitrogens is 3. The normalized spacial score (nSPS) is 14.6. The van der Waals surface area contributed by atoms with E-state index in [2.05, 4.69) is 39.0 Å². The monoisotopic (exact) mass is 703 g/mol. The second kappa shape index (κ2) is 15.0. The Morgan fingerprint density at radius 1 is 1.02 bits per heavy atom. The molecule has 1 aliphatic heterocycles. The van der Waals surface area contributed by atoms with E-state index in [4.69, 9.17) is 32.7 Å². The number of urea groups is 1. The first kappa shape index (κ1) is 34.7. The predicted molar refractivity (Wildman–Crippen MR) is 175 cm³/mol. The number of esters is 1. The predicted octanol–water partition coefficient (Wildman–Crippen LogP) is 7.39. The van der Waals surface area contributed by atoms with Crippen LogP contribution < -0.4 is 19.9 Å². The summed E-state index contributed by atoms with van der Waals surface area (Å²) in [6.45, 7) is 7.19. The number of nitrogens with one attached hydrogen (secondary N) is 1. The van der Waals surface area contributed by atoms with E-state index in [1.165, 1.54) is 35.5 Å². The zero-order chi connectivity index (χ0) is 34.4. The Bertz CT molecular complexity index is 1730. The average Bonchev–Trinajstić information content (AvgIpc) is 3.06. The van der Waals surface area contributed by atoms with Gasteiger partial charge in [-0.3, -0.25) is 9.88 Å². The van der Waals surface area contributed by atoms with Crippen molar-refractivity contribution in [3.63, 3.8) is 0 Å². The molecule has 0 radical (unpaired) electrons. The Balaban J connectivity index is 1.52. The summed E-state index contributed by atoms with van der Waals surface area (Å²) in [4.78, 5) is 43.5. The van der Waals surface area contributed by atoms with Gasteiger partial charge in [-0.25, -0.2) is 19.5 Å². The lowest BCUT2D eigenvalue weighted by Gasteiger charge is -2.41. The molecular weight excluding hydrogens is 674 g/mol. The molecule has 0 fully saturated rings. The minimum atomic E-state index is -5.38. The molecule has 5 rings (SSSR count). The van der Waals surface area contributed by atoms with E-state index < -0.39 is 24.4 Å². The molecule has 48 heavy (non-hydrogen) atoms. The molecule has 2 aromatic carbocycles. The summed E-state index contributed by atoms with van der Waals surface area (Å²) in [7, 11) is 0. The van der Waals surface area contributed by atoms with Crippen LogP contribution in [0, 0.1) is 0 Å². The number of carbonyl (C=O) groups is 2. The van der Waals surface area contributed by atoms with Crippen LogP contribution in [0.15, 0.2) is 73.2 Å². The molecule has 0 spiro atoms. The van der Waals surface area contributed by atoms with Gasteiger partial charge in [-0.2, -0.15) is 18.2 Å². The lowest BCUT2D eigenvalue weighted by Crippen LogP contribution is -2.52. The van der Waals surface area contributed by atoms with E-state index in [9.17, 15) is 22.8 Å². The number of nitrogens with zero attached hydrogens (tertiary/aromatic N) is 6. The maximum Gasteiger partial charge on any atom is 0.491 e. The van der Waals surface area contributed by atoms with Crippen molar-refractivity contribution in [3.8, 4) is 5.75 Å². The molecule has 11 nitrogen and oxygen atoms in total. The molecule has 0 bridgehead atoms. The van der Waals surface area contributed by atoms with Crippen molar-refractivity contribution < 1.29 is 32.2 Å². The van der Waals surface area contributed by atoms with Gasteiger partial charge < -0.3 is 19.7 Å². The molecule has 0 aliphatic carbocycles. The van der Waals surface area contributed by atoms with Gasteiger partial charge in [-0.15, -0.1) is 0 Å². The summed E-state index contributed by atoms with van der Waals surface area (Å²) in [6.07, 6.45) is -3.13. The number of ether oxygens (including phenoxy) is 2. The van der Waals surface area contributed by atoms with Crippen molar-refractivity contribution >= 4 is 58.3 Å². The van der Waals surface area contributed by atoms with Crippen LogP contribution in [0.25, 0.3) is 0 Å². The van der Waals surface area contributed by atoms with E-state index in [1.54, 1.807) is 42.6 Å². The van der Waals surface area contributed by atoms with E-state index >= 15 is 0 Å². The van der Waals surface area contributed by atoms with Crippen molar-refractivity contribution in [2.75, 3.05) is 41.4 Å². The summed E-state index contributed by atoms with van der Waals surface area (Å²) in [5, 5.41) is 2.88. The first-order valence-electron chi connectivity index (χ1n) is 14.8. The van der Waals surface area contributed by atoms with Crippen molar-refractivity contribution in [2.24, 2.45) is 0 Å². The SMILES string of the molecule is CCN(CC)CCOc1ccc(Nc2ncc3c(n2)N(Cc2cccnc2)C(=O)N(c2c(Cl)cccc2Cl)C3OC(=O)C(F)(F)F)cc1. The number of amides is 2. The minimum absolute atomic E-state index is 0.0121. The van der Waals surface area contributed by atoms with Gasteiger partial charge in [0.15, 0.2) is 5.82 Å². The van der Waals surface area contributed by atoms with Gasteiger partial charge in [0.05, 0.1) is 27.8 Å². The van der Waals surface area contributed by atoms with Crippen LogP contribution in [0.2, 0.25) is 10.0 Å². The van der Waals surface area contributed by atoms with Crippen LogP contribution in [-0.4, -0.2) is 64.3 Å². The van der Waals surface area contributed by atoms with E-state index in [0.29, 0.717) is 23.6 Å². The fourth-order valence-corrected chi connectivity index (χ4v) is 5.50. The largest absolute Gasteiger partial charge is 0.492 e. The highest BCUT2D eigenvalue weighted by atomic mass is 35.5. The molecule has 252 valence electrons. The number of likely N-dealkylation sites (N-methyl/N-ethyl adjacent to an activating group) is 1. The summed E-state index contributed by atoms with van der Waals surface area (Å²) < 4.78 is 51.3. The Morgan fingerprint density at radius 3 is 2.35 bits per heavy atom. The third-order valence-corrected chi connectivity index (χ3v) is 7.97. The number of rotatable bonds is 12. The molecule has 1 atom stereocenters. The van der Waals surface area contributed by atoms with Gasteiger partial charge in [0.2, 0.25) is 12.2 Å². The first-order valence-corrected chi connectivity index (χ1v) is 15.6. The third kappa shape index (κ3) is 7.89. The fourth-order valence-electron chi connectivity index (χ4n) is 4.92. The zero-order valence-electron chi connectivity index (χ0n) is 25.7. The number of halogens is 5. The Hall–Kier alpha value is -4.66. The van der Waals surface area contributed by atoms with Gasteiger partial charge in [0.1, 0.15) is 12.4 Å². The van der Waals surface area contributed by atoms with Crippen molar-refractivity contribution in [3.05, 3.63) is 94.4 Å². The van der Waals surface area contributed by atoms with Crippen LogP contribution in [0.4, 0.5) is 41.1 Å². The maximum absolute atomic E-state index is 14.3. The van der Waals surface area contributed by atoms with Crippen molar-refractivity contribution in [1.29, 1.82) is 0 Å². The quantitative estimate of drug-likeness (QED) is 0.151. The Labute approximate surface area is 284 Å². The minimum Gasteiger partial charge on any atom is -0.492 e. The van der Waals surface area contributed by atoms with Crippen LogP contribution in [0.5, 0.6) is 5.75 Å². The second-order valence-corrected chi connectivity index (χ2v) is 11.2. The number of alkyl halides is 3. The molecular formula is C32H30Cl2F3N7O4. The number of pyridine rings is 1.